The molecule has 8 heteroatoms. The fourth-order valence-corrected chi connectivity index (χ4v) is 2.65. The summed E-state index contributed by atoms with van der Waals surface area (Å²) in [7, 11) is 0. The molecule has 2 rings (SSSR count). The van der Waals surface area contributed by atoms with Crippen molar-refractivity contribution in [2.45, 2.75) is 19.4 Å². The van der Waals surface area contributed by atoms with Crippen LogP contribution in [0, 0.1) is 0 Å². The monoisotopic (exact) mass is 348 g/mol. The van der Waals surface area contributed by atoms with E-state index in [0.29, 0.717) is 9.99 Å². The molecule has 0 saturated heterocycles. The second-order valence-corrected chi connectivity index (χ2v) is 5.16. The number of aliphatic hydroxyl groups is 1. The summed E-state index contributed by atoms with van der Waals surface area (Å²) in [5, 5.41) is 18.2. The number of halogens is 3. The minimum absolute atomic E-state index is 0.0495. The van der Waals surface area contributed by atoms with E-state index in [9.17, 15) is 18.7 Å². The van der Waals surface area contributed by atoms with Gasteiger partial charge in [0, 0.05) is 4.47 Å². The van der Waals surface area contributed by atoms with Crippen LogP contribution in [0.15, 0.2) is 16.6 Å². The summed E-state index contributed by atoms with van der Waals surface area (Å²) >= 11 is 3.18. The van der Waals surface area contributed by atoms with E-state index in [-0.39, 0.29) is 17.7 Å². The van der Waals surface area contributed by atoms with E-state index in [1.54, 1.807) is 6.92 Å². The topological polar surface area (TPSA) is 75.3 Å². The number of aromatic carboxylic acids is 1. The number of fused-ring (bicyclic) bond motifs is 1. The van der Waals surface area contributed by atoms with Gasteiger partial charge in [-0.1, -0.05) is 0 Å². The summed E-state index contributed by atoms with van der Waals surface area (Å²) in [6.45, 7) is 1.24. The zero-order valence-corrected chi connectivity index (χ0v) is 11.9. The van der Waals surface area contributed by atoms with Crippen LogP contribution in [-0.2, 0) is 0 Å². The third-order valence-electron chi connectivity index (χ3n) is 2.91. The summed E-state index contributed by atoms with van der Waals surface area (Å²) in [4.78, 5) is 14.8. The maximum Gasteiger partial charge on any atom is 0.335 e. The molecule has 2 aromatic rings. The molecule has 0 aliphatic rings. The van der Waals surface area contributed by atoms with E-state index in [1.165, 1.54) is 16.7 Å². The Kier molecular flexibility index (Phi) is 4.05. The lowest BCUT2D eigenvalue weighted by atomic mass is 10.2. The van der Waals surface area contributed by atoms with Gasteiger partial charge in [-0.05, 0) is 35.0 Å². The highest BCUT2D eigenvalue weighted by Crippen LogP contribution is 2.33. The van der Waals surface area contributed by atoms with Crippen LogP contribution in [0.1, 0.15) is 35.6 Å². The lowest BCUT2D eigenvalue weighted by Gasteiger charge is -2.15. The normalized spacial score (nSPS) is 13.1. The SMILES string of the molecule is CC(CO)n1c(C(F)F)nc2cc(C(=O)O)cc(Br)c21. The van der Waals surface area contributed by atoms with E-state index in [1.807, 2.05) is 0 Å². The Morgan fingerprint density at radius 2 is 2.15 bits per heavy atom. The van der Waals surface area contributed by atoms with Crippen LogP contribution in [0.25, 0.3) is 11.0 Å². The van der Waals surface area contributed by atoms with Gasteiger partial charge < -0.3 is 14.8 Å². The average Bonchev–Trinajstić information content (AvgIpc) is 2.77. The number of rotatable bonds is 4. The van der Waals surface area contributed by atoms with Crippen molar-refractivity contribution < 1.29 is 23.8 Å². The number of hydrogen-bond acceptors (Lipinski definition) is 3. The molecule has 0 radical (unpaired) electrons. The fourth-order valence-electron chi connectivity index (χ4n) is 2.01. The molecule has 0 bridgehead atoms. The highest BCUT2D eigenvalue weighted by atomic mass is 79.9. The molecule has 5 nitrogen and oxygen atoms in total. The second-order valence-electron chi connectivity index (χ2n) is 4.30. The van der Waals surface area contributed by atoms with Crippen LogP contribution in [0.4, 0.5) is 8.78 Å². The van der Waals surface area contributed by atoms with Crippen LogP contribution in [0.5, 0.6) is 0 Å². The fraction of sp³-hybridized carbons (Fsp3) is 0.333. The first-order valence-electron chi connectivity index (χ1n) is 5.70. The summed E-state index contributed by atoms with van der Waals surface area (Å²) in [6.07, 6.45) is -2.82. The van der Waals surface area contributed by atoms with Gasteiger partial charge in [0.1, 0.15) is 0 Å². The van der Waals surface area contributed by atoms with Gasteiger partial charge in [0.05, 0.1) is 29.2 Å². The molecule has 0 fully saturated rings. The maximum absolute atomic E-state index is 13.1. The van der Waals surface area contributed by atoms with Crippen molar-refractivity contribution in [3.63, 3.8) is 0 Å². The van der Waals surface area contributed by atoms with Gasteiger partial charge in [0.2, 0.25) is 0 Å². The zero-order chi connectivity index (χ0) is 15.0. The molecule has 0 aliphatic heterocycles. The van der Waals surface area contributed by atoms with Gasteiger partial charge in [-0.25, -0.2) is 18.6 Å². The summed E-state index contributed by atoms with van der Waals surface area (Å²) in [5.74, 6) is -1.67. The van der Waals surface area contributed by atoms with Gasteiger partial charge in [0.15, 0.2) is 5.82 Å². The van der Waals surface area contributed by atoms with Gasteiger partial charge in [0.25, 0.3) is 6.43 Å². The lowest BCUT2D eigenvalue weighted by Crippen LogP contribution is -2.13. The third kappa shape index (κ3) is 2.40. The van der Waals surface area contributed by atoms with E-state index in [2.05, 4.69) is 20.9 Å². The van der Waals surface area contributed by atoms with Crippen molar-refractivity contribution in [1.29, 1.82) is 0 Å². The number of aromatic nitrogens is 2. The quantitative estimate of drug-likeness (QED) is 0.890. The largest absolute Gasteiger partial charge is 0.478 e. The van der Waals surface area contributed by atoms with Gasteiger partial charge in [-0.3, -0.25) is 0 Å². The van der Waals surface area contributed by atoms with Crippen LogP contribution in [0.3, 0.4) is 0 Å². The van der Waals surface area contributed by atoms with E-state index in [4.69, 9.17) is 5.11 Å². The van der Waals surface area contributed by atoms with Crippen molar-refractivity contribution in [2.75, 3.05) is 6.61 Å². The number of alkyl halides is 2. The number of carboxylic acids is 1. The lowest BCUT2D eigenvalue weighted by molar-refractivity contribution is 0.0697. The van der Waals surface area contributed by atoms with E-state index < -0.39 is 24.3 Å². The maximum atomic E-state index is 13.1. The van der Waals surface area contributed by atoms with Gasteiger partial charge in [-0.15, -0.1) is 0 Å². The molecule has 20 heavy (non-hydrogen) atoms. The summed E-state index contributed by atoms with van der Waals surface area (Å²) < 4.78 is 27.7. The first kappa shape index (κ1) is 14.9. The summed E-state index contributed by atoms with van der Waals surface area (Å²) in [6, 6.07) is 1.95. The molecule has 0 aliphatic carbocycles. The molecule has 1 atom stereocenters. The van der Waals surface area contributed by atoms with Crippen molar-refractivity contribution in [2.24, 2.45) is 0 Å². The Labute approximate surface area is 121 Å². The highest BCUT2D eigenvalue weighted by Gasteiger charge is 2.24. The van der Waals surface area contributed by atoms with Crippen LogP contribution < -0.4 is 0 Å². The van der Waals surface area contributed by atoms with E-state index in [0.717, 1.165) is 0 Å². The van der Waals surface area contributed by atoms with Gasteiger partial charge in [-0.2, -0.15) is 0 Å². The number of hydrogen-bond donors (Lipinski definition) is 2. The number of nitrogens with zero attached hydrogens (tertiary/aromatic N) is 2. The smallest absolute Gasteiger partial charge is 0.335 e. The second kappa shape index (κ2) is 5.45. The number of aliphatic hydroxyl groups excluding tert-OH is 1. The molecule has 1 unspecified atom stereocenters. The first-order valence-corrected chi connectivity index (χ1v) is 6.49. The highest BCUT2D eigenvalue weighted by molar-refractivity contribution is 9.10. The Bertz CT molecular complexity index is 672. The summed E-state index contributed by atoms with van der Waals surface area (Å²) in [5.41, 5.74) is 0.436. The molecule has 1 heterocycles. The van der Waals surface area contributed by atoms with Crippen molar-refractivity contribution in [3.8, 4) is 0 Å². The first-order chi connectivity index (χ1) is 9.36. The van der Waals surface area contributed by atoms with E-state index >= 15 is 0 Å². The zero-order valence-electron chi connectivity index (χ0n) is 10.3. The molecule has 1 aromatic heterocycles. The molecule has 108 valence electrons. The van der Waals surface area contributed by atoms with Crippen LogP contribution in [0.2, 0.25) is 0 Å². The minimum Gasteiger partial charge on any atom is -0.478 e. The van der Waals surface area contributed by atoms with Gasteiger partial charge >= 0.3 is 5.97 Å². The third-order valence-corrected chi connectivity index (χ3v) is 3.52. The molecule has 0 amide bonds. The minimum atomic E-state index is -2.82. The Balaban J connectivity index is 2.81. The Morgan fingerprint density at radius 3 is 2.65 bits per heavy atom. The van der Waals surface area contributed by atoms with Crippen molar-refractivity contribution in [3.05, 3.63) is 28.0 Å². The molecule has 0 saturated carbocycles. The van der Waals surface area contributed by atoms with Crippen LogP contribution in [-0.4, -0.2) is 32.3 Å². The molecular weight excluding hydrogens is 338 g/mol. The molecule has 0 spiro atoms. The number of imidazole rings is 1. The predicted octanol–water partition coefficient (Wildman–Crippen LogP) is 2.99. The van der Waals surface area contributed by atoms with Crippen LogP contribution >= 0.6 is 15.9 Å². The Morgan fingerprint density at radius 1 is 1.50 bits per heavy atom. The number of benzene rings is 1. The molecular formula is C12H11BrF2N2O3. The number of carbonyl (C=O) groups is 1. The van der Waals surface area contributed by atoms with Crippen molar-refractivity contribution in [1.82, 2.24) is 9.55 Å². The molecule has 1 aromatic carbocycles. The predicted molar refractivity (Wildman–Crippen MR) is 71.1 cm³/mol. The molecule has 2 N–H and O–H groups in total. The van der Waals surface area contributed by atoms with Crippen molar-refractivity contribution >= 4 is 32.9 Å². The average molecular weight is 349 g/mol. The standard InChI is InChI=1S/C12H11BrF2N2O3/c1-5(4-18)17-9-7(13)2-6(12(19)20)3-8(9)16-11(17)10(14)15/h2-3,5,10,18H,4H2,1H3,(H,19,20). The number of carboxylic acid groups (broad SMARTS) is 1. The Hall–Kier alpha value is -1.54.